The number of aldehydes is 1. The van der Waals surface area contributed by atoms with Gasteiger partial charge in [-0.2, -0.15) is 0 Å². The Balaban J connectivity index is 2.26. The van der Waals surface area contributed by atoms with Gasteiger partial charge in [-0.3, -0.25) is 14.9 Å². The molecule has 7 heteroatoms. The molecule has 0 aliphatic rings. The van der Waals surface area contributed by atoms with Crippen LogP contribution >= 0.6 is 0 Å². The summed E-state index contributed by atoms with van der Waals surface area (Å²) < 4.78 is 7.42. The van der Waals surface area contributed by atoms with Gasteiger partial charge in [-0.05, 0) is 12.1 Å². The fourth-order valence-electron chi connectivity index (χ4n) is 2.25. The van der Waals surface area contributed by atoms with E-state index in [0.29, 0.717) is 29.4 Å². The Morgan fingerprint density at radius 1 is 1.36 bits per heavy atom. The highest BCUT2D eigenvalue weighted by molar-refractivity contribution is 6.76. The van der Waals surface area contributed by atoms with Crippen molar-refractivity contribution in [2.45, 2.75) is 32.4 Å². The second-order valence-corrected chi connectivity index (χ2v) is 12.1. The minimum atomic E-state index is -1.15. The van der Waals surface area contributed by atoms with Crippen molar-refractivity contribution < 1.29 is 14.5 Å². The second kappa shape index (κ2) is 6.41. The van der Waals surface area contributed by atoms with Crippen molar-refractivity contribution in [3.05, 3.63) is 40.1 Å². The number of aromatic nitrogens is 1. The molecule has 0 bridgehead atoms. The Hall–Kier alpha value is -1.99. The van der Waals surface area contributed by atoms with Gasteiger partial charge in [0.05, 0.1) is 15.8 Å². The summed E-state index contributed by atoms with van der Waals surface area (Å²) in [6, 6.07) is 5.84. The molecule has 6 nitrogen and oxygen atoms in total. The molecule has 0 radical (unpaired) electrons. The lowest BCUT2D eigenvalue weighted by molar-refractivity contribution is -0.383. The minimum absolute atomic E-state index is 0.0551. The zero-order valence-corrected chi connectivity index (χ0v) is 14.0. The van der Waals surface area contributed by atoms with E-state index < -0.39 is 13.0 Å². The van der Waals surface area contributed by atoms with Crippen LogP contribution in [0.4, 0.5) is 5.69 Å². The number of nitro groups is 1. The highest BCUT2D eigenvalue weighted by Crippen LogP contribution is 2.29. The number of ether oxygens (including phenoxy) is 1. The van der Waals surface area contributed by atoms with Crippen molar-refractivity contribution in [3.63, 3.8) is 0 Å². The molecule has 0 aliphatic carbocycles. The van der Waals surface area contributed by atoms with Gasteiger partial charge in [0, 0.05) is 32.5 Å². The van der Waals surface area contributed by atoms with E-state index in [1.165, 1.54) is 6.07 Å². The molecule has 0 saturated carbocycles. The number of nitro benzene ring substituents is 1. The maximum Gasteiger partial charge on any atom is 0.279 e. The van der Waals surface area contributed by atoms with Crippen molar-refractivity contribution in [1.29, 1.82) is 0 Å². The van der Waals surface area contributed by atoms with Crippen LogP contribution in [0.1, 0.15) is 10.4 Å². The Bertz CT molecular complexity index is 703. The fourth-order valence-corrected chi connectivity index (χ4v) is 3.01. The van der Waals surface area contributed by atoms with Crippen molar-refractivity contribution >= 4 is 31.0 Å². The zero-order chi connectivity index (χ0) is 16.3. The average Bonchev–Trinajstić information content (AvgIpc) is 2.80. The molecule has 1 aromatic carbocycles. The summed E-state index contributed by atoms with van der Waals surface area (Å²) in [4.78, 5) is 21.8. The number of rotatable bonds is 7. The molecular formula is C15H20N2O4Si. The van der Waals surface area contributed by atoms with Crippen LogP contribution in [0.2, 0.25) is 25.7 Å². The molecule has 0 aliphatic heterocycles. The predicted molar refractivity (Wildman–Crippen MR) is 88.1 cm³/mol. The largest absolute Gasteiger partial charge is 0.361 e. The average molecular weight is 320 g/mol. The van der Waals surface area contributed by atoms with E-state index in [0.717, 1.165) is 6.04 Å². The molecule has 0 amide bonds. The van der Waals surface area contributed by atoms with Crippen LogP contribution < -0.4 is 0 Å². The van der Waals surface area contributed by atoms with Gasteiger partial charge in [0.25, 0.3) is 5.69 Å². The summed E-state index contributed by atoms with van der Waals surface area (Å²) in [6.45, 7) is 7.76. The molecule has 0 atom stereocenters. The second-order valence-electron chi connectivity index (χ2n) is 6.45. The maximum atomic E-state index is 11.2. The Labute approximate surface area is 129 Å². The quantitative estimate of drug-likeness (QED) is 0.256. The molecule has 0 unspecified atom stereocenters. The van der Waals surface area contributed by atoms with Crippen LogP contribution in [0.15, 0.2) is 24.4 Å². The Morgan fingerprint density at radius 2 is 2.09 bits per heavy atom. The number of non-ortho nitro benzene ring substituents is 1. The lowest BCUT2D eigenvalue weighted by Crippen LogP contribution is -2.21. The van der Waals surface area contributed by atoms with Gasteiger partial charge < -0.3 is 9.30 Å². The predicted octanol–water partition coefficient (Wildman–Crippen LogP) is 3.67. The third kappa shape index (κ3) is 3.61. The van der Waals surface area contributed by atoms with Crippen molar-refractivity contribution in [1.82, 2.24) is 4.57 Å². The molecule has 22 heavy (non-hydrogen) atoms. The smallest absolute Gasteiger partial charge is 0.279 e. The lowest BCUT2D eigenvalue weighted by Gasteiger charge is -2.15. The molecule has 0 N–H and O–H groups in total. The van der Waals surface area contributed by atoms with Crippen LogP contribution in [-0.2, 0) is 11.5 Å². The summed E-state index contributed by atoms with van der Waals surface area (Å²) in [5, 5.41) is 11.5. The molecule has 0 fully saturated rings. The third-order valence-electron chi connectivity index (χ3n) is 3.46. The topological polar surface area (TPSA) is 74.4 Å². The monoisotopic (exact) mass is 320 g/mol. The molecule has 2 rings (SSSR count). The maximum absolute atomic E-state index is 11.2. The van der Waals surface area contributed by atoms with E-state index in [4.69, 9.17) is 4.74 Å². The van der Waals surface area contributed by atoms with E-state index >= 15 is 0 Å². The van der Waals surface area contributed by atoms with Gasteiger partial charge in [-0.1, -0.05) is 25.7 Å². The highest BCUT2D eigenvalue weighted by Gasteiger charge is 2.19. The van der Waals surface area contributed by atoms with E-state index in [2.05, 4.69) is 19.6 Å². The number of hydrogen-bond donors (Lipinski definition) is 0. The van der Waals surface area contributed by atoms with E-state index in [9.17, 15) is 14.9 Å². The SMILES string of the molecule is C[Si](C)(C)CCOCn1cc(C=O)c2c([N+](=O)[O-])cccc21. The van der Waals surface area contributed by atoms with Gasteiger partial charge in [-0.15, -0.1) is 0 Å². The highest BCUT2D eigenvalue weighted by atomic mass is 28.3. The summed E-state index contributed by atoms with van der Waals surface area (Å²) >= 11 is 0. The molecular weight excluding hydrogens is 300 g/mol. The van der Waals surface area contributed by atoms with Crippen LogP contribution in [0, 0.1) is 10.1 Å². The first kappa shape index (κ1) is 16.4. The van der Waals surface area contributed by atoms with Crippen LogP contribution in [0.3, 0.4) is 0 Å². The van der Waals surface area contributed by atoms with Crippen LogP contribution in [0.5, 0.6) is 0 Å². The first-order valence-corrected chi connectivity index (χ1v) is 10.8. The number of hydrogen-bond acceptors (Lipinski definition) is 4. The summed E-state index contributed by atoms with van der Waals surface area (Å²) in [5.74, 6) is 0. The van der Waals surface area contributed by atoms with Gasteiger partial charge >= 0.3 is 0 Å². The number of carbonyl (C=O) groups is 1. The van der Waals surface area contributed by atoms with Crippen LogP contribution in [-0.4, -0.2) is 30.5 Å². The Kier molecular flexibility index (Phi) is 4.77. The fraction of sp³-hybridized carbons (Fsp3) is 0.400. The normalized spacial score (nSPS) is 11.8. The zero-order valence-electron chi connectivity index (χ0n) is 13.0. The van der Waals surface area contributed by atoms with Gasteiger partial charge in [0.1, 0.15) is 6.73 Å². The first-order chi connectivity index (χ1) is 10.3. The Morgan fingerprint density at radius 3 is 2.68 bits per heavy atom. The molecule has 1 aromatic heterocycles. The minimum Gasteiger partial charge on any atom is -0.361 e. The van der Waals surface area contributed by atoms with E-state index in [-0.39, 0.29) is 12.4 Å². The van der Waals surface area contributed by atoms with Crippen molar-refractivity contribution in [3.8, 4) is 0 Å². The standard InChI is InChI=1S/C15H20N2O4Si/c1-22(2,3)8-7-21-11-16-9-12(10-18)15-13(16)5-4-6-14(15)17(19)20/h4-6,9-10H,7-8,11H2,1-3H3. The summed E-state index contributed by atoms with van der Waals surface area (Å²) in [7, 11) is -1.15. The van der Waals surface area contributed by atoms with Gasteiger partial charge in [-0.25, -0.2) is 0 Å². The van der Waals surface area contributed by atoms with Gasteiger partial charge in [0.15, 0.2) is 6.29 Å². The first-order valence-electron chi connectivity index (χ1n) is 7.12. The number of benzene rings is 1. The number of carbonyl (C=O) groups excluding carboxylic acids is 1. The molecule has 2 aromatic rings. The lowest BCUT2D eigenvalue weighted by atomic mass is 10.1. The molecule has 1 heterocycles. The molecule has 0 spiro atoms. The number of nitrogens with zero attached hydrogens (tertiary/aromatic N) is 2. The number of fused-ring (bicyclic) bond motifs is 1. The van der Waals surface area contributed by atoms with Crippen molar-refractivity contribution in [2.24, 2.45) is 0 Å². The van der Waals surface area contributed by atoms with Crippen molar-refractivity contribution in [2.75, 3.05) is 6.61 Å². The summed E-state index contributed by atoms with van der Waals surface area (Å²) in [6.07, 6.45) is 2.26. The van der Waals surface area contributed by atoms with Crippen LogP contribution in [0.25, 0.3) is 10.9 Å². The third-order valence-corrected chi connectivity index (χ3v) is 5.17. The summed E-state index contributed by atoms with van der Waals surface area (Å²) in [5.41, 5.74) is 0.904. The molecule has 0 saturated heterocycles. The van der Waals surface area contributed by atoms with Gasteiger partial charge in [0.2, 0.25) is 0 Å². The van der Waals surface area contributed by atoms with E-state index in [1.807, 2.05) is 0 Å². The molecule has 118 valence electrons. The van der Waals surface area contributed by atoms with E-state index in [1.54, 1.807) is 22.9 Å².